The van der Waals surface area contributed by atoms with Crippen LogP contribution in [-0.4, -0.2) is 28.3 Å². The number of carbonyl (C=O) groups excluding carboxylic acids is 1. The highest BCUT2D eigenvalue weighted by Gasteiger charge is 2.19. The number of phenols is 2. The zero-order valence-electron chi connectivity index (χ0n) is 11.9. The van der Waals surface area contributed by atoms with Crippen molar-refractivity contribution >= 4 is 35.1 Å². The summed E-state index contributed by atoms with van der Waals surface area (Å²) in [6.45, 7) is 2.18. The van der Waals surface area contributed by atoms with Crippen molar-refractivity contribution < 1.29 is 19.7 Å². The van der Waals surface area contributed by atoms with Gasteiger partial charge in [0.2, 0.25) is 0 Å². The zero-order chi connectivity index (χ0) is 16.1. The zero-order valence-corrected chi connectivity index (χ0v) is 12.7. The summed E-state index contributed by atoms with van der Waals surface area (Å²) < 4.78 is 5.37. The predicted molar refractivity (Wildman–Crippen MR) is 88.0 cm³/mol. The van der Waals surface area contributed by atoms with Crippen LogP contribution in [0, 0.1) is 0 Å². The van der Waals surface area contributed by atoms with Crippen LogP contribution in [0.3, 0.4) is 0 Å². The third-order valence-electron chi connectivity index (χ3n) is 2.94. The number of aromatic hydroxyl groups is 2. The summed E-state index contributed by atoms with van der Waals surface area (Å²) in [6.07, 6.45) is 0.743. The van der Waals surface area contributed by atoms with Gasteiger partial charge in [0, 0.05) is 11.6 Å². The summed E-state index contributed by atoms with van der Waals surface area (Å²) in [5.41, 5.74) is 1.53. The Morgan fingerprint density at radius 3 is 2.45 bits per heavy atom. The van der Waals surface area contributed by atoms with Gasteiger partial charge in [0.15, 0.2) is 0 Å². The first kappa shape index (κ1) is 15.8. The molecule has 2 aromatic carbocycles. The summed E-state index contributed by atoms with van der Waals surface area (Å²) in [5.74, 6) is -0.193. The molecule has 0 bridgehead atoms. The van der Waals surface area contributed by atoms with E-state index in [9.17, 15) is 15.0 Å². The summed E-state index contributed by atoms with van der Waals surface area (Å²) in [4.78, 5) is 12.3. The Hall–Kier alpha value is -2.60. The summed E-state index contributed by atoms with van der Waals surface area (Å²) in [5, 5.41) is 19.6. The van der Waals surface area contributed by atoms with E-state index in [1.807, 2.05) is 0 Å². The highest BCUT2D eigenvalue weighted by atomic mass is 32.1. The molecular formula is C16H15NO4S. The van der Waals surface area contributed by atoms with Gasteiger partial charge in [-0.15, -0.1) is 0 Å². The van der Waals surface area contributed by atoms with E-state index in [2.05, 4.69) is 0 Å². The Kier molecular flexibility index (Phi) is 4.95. The number of aldehydes is 1. The van der Waals surface area contributed by atoms with Crippen LogP contribution in [0.15, 0.2) is 42.5 Å². The van der Waals surface area contributed by atoms with Crippen molar-refractivity contribution in [3.05, 3.63) is 48.0 Å². The molecule has 0 aliphatic heterocycles. The van der Waals surface area contributed by atoms with Crippen molar-refractivity contribution in [2.45, 2.75) is 6.92 Å². The molecule has 0 saturated carbocycles. The van der Waals surface area contributed by atoms with Gasteiger partial charge >= 0.3 is 0 Å². The van der Waals surface area contributed by atoms with Gasteiger partial charge in [-0.05, 0) is 55.5 Å². The van der Waals surface area contributed by atoms with Crippen molar-refractivity contribution in [1.29, 1.82) is 0 Å². The van der Waals surface area contributed by atoms with Crippen LogP contribution in [-0.2, 0) is 4.74 Å². The van der Waals surface area contributed by atoms with Gasteiger partial charge in [0.05, 0.1) is 18.0 Å². The first-order chi connectivity index (χ1) is 10.6. The Labute approximate surface area is 133 Å². The fraction of sp³-hybridized carbons (Fsp3) is 0.125. The topological polar surface area (TPSA) is 70.0 Å². The maximum atomic E-state index is 10.8. The molecule has 0 atom stereocenters. The first-order valence-corrected chi connectivity index (χ1v) is 7.01. The second-order valence-electron chi connectivity index (χ2n) is 4.42. The van der Waals surface area contributed by atoms with Gasteiger partial charge in [0.25, 0.3) is 5.17 Å². The normalized spacial score (nSPS) is 10.0. The van der Waals surface area contributed by atoms with Gasteiger partial charge in [-0.1, -0.05) is 0 Å². The molecule has 0 radical (unpaired) electrons. The standard InChI is InChI=1S/C16H15NO4S/c1-2-21-16(22)17(12-5-3-11(10-18)4-6-12)14-8-7-13(19)9-15(14)20/h3-10,19-20H,2H2,1H3. The minimum Gasteiger partial charge on any atom is -0.508 e. The second-order valence-corrected chi connectivity index (χ2v) is 4.77. The van der Waals surface area contributed by atoms with Gasteiger partial charge < -0.3 is 14.9 Å². The Bertz CT molecular complexity index is 685. The molecule has 0 fully saturated rings. The van der Waals surface area contributed by atoms with Gasteiger partial charge in [0.1, 0.15) is 17.8 Å². The first-order valence-electron chi connectivity index (χ1n) is 6.61. The molecule has 5 nitrogen and oxygen atoms in total. The molecule has 0 aromatic heterocycles. The number of anilines is 2. The Balaban J connectivity index is 2.49. The number of nitrogens with zero attached hydrogens (tertiary/aromatic N) is 1. The highest BCUT2D eigenvalue weighted by Crippen LogP contribution is 2.36. The lowest BCUT2D eigenvalue weighted by molar-refractivity contribution is 0.112. The number of hydrogen-bond donors (Lipinski definition) is 2. The molecule has 2 N–H and O–H groups in total. The van der Waals surface area contributed by atoms with Gasteiger partial charge in [-0.25, -0.2) is 0 Å². The number of phenolic OH excluding ortho intramolecular Hbond substituents is 2. The number of rotatable bonds is 4. The number of carbonyl (C=O) groups is 1. The molecule has 0 unspecified atom stereocenters. The van der Waals surface area contributed by atoms with Crippen LogP contribution in [0.5, 0.6) is 11.5 Å². The smallest absolute Gasteiger partial charge is 0.268 e. The largest absolute Gasteiger partial charge is 0.508 e. The number of benzene rings is 2. The maximum absolute atomic E-state index is 10.8. The van der Waals surface area contributed by atoms with E-state index in [1.54, 1.807) is 31.2 Å². The minimum atomic E-state index is -0.137. The fourth-order valence-electron chi connectivity index (χ4n) is 1.93. The van der Waals surface area contributed by atoms with Crippen molar-refractivity contribution in [1.82, 2.24) is 0 Å². The molecule has 0 amide bonds. The van der Waals surface area contributed by atoms with Crippen LogP contribution in [0.4, 0.5) is 11.4 Å². The molecular weight excluding hydrogens is 302 g/mol. The Morgan fingerprint density at radius 2 is 1.91 bits per heavy atom. The number of ether oxygens (including phenoxy) is 1. The van der Waals surface area contributed by atoms with Crippen molar-refractivity contribution in [3.63, 3.8) is 0 Å². The molecule has 0 heterocycles. The quantitative estimate of drug-likeness (QED) is 0.665. The molecule has 0 aliphatic carbocycles. The minimum absolute atomic E-state index is 0.0557. The highest BCUT2D eigenvalue weighted by molar-refractivity contribution is 7.80. The molecule has 114 valence electrons. The third kappa shape index (κ3) is 3.35. The summed E-state index contributed by atoms with van der Waals surface area (Å²) in [6, 6.07) is 10.9. The second kappa shape index (κ2) is 6.91. The average molecular weight is 317 g/mol. The van der Waals surface area contributed by atoms with E-state index in [1.165, 1.54) is 23.1 Å². The lowest BCUT2D eigenvalue weighted by Gasteiger charge is -2.25. The van der Waals surface area contributed by atoms with Crippen molar-refractivity contribution in [2.75, 3.05) is 11.5 Å². The third-order valence-corrected chi connectivity index (χ3v) is 3.24. The van der Waals surface area contributed by atoms with Crippen LogP contribution in [0.1, 0.15) is 17.3 Å². The molecule has 0 saturated heterocycles. The van der Waals surface area contributed by atoms with Gasteiger partial charge in [-0.2, -0.15) is 0 Å². The van der Waals surface area contributed by atoms with Crippen LogP contribution in [0.2, 0.25) is 0 Å². The van der Waals surface area contributed by atoms with Crippen LogP contribution >= 0.6 is 12.2 Å². The summed E-state index contributed by atoms with van der Waals surface area (Å²) >= 11 is 5.25. The average Bonchev–Trinajstić information content (AvgIpc) is 2.51. The Morgan fingerprint density at radius 1 is 1.23 bits per heavy atom. The van der Waals surface area contributed by atoms with Gasteiger partial charge in [-0.3, -0.25) is 9.69 Å². The monoisotopic (exact) mass is 317 g/mol. The van der Waals surface area contributed by atoms with E-state index in [4.69, 9.17) is 17.0 Å². The fourth-order valence-corrected chi connectivity index (χ4v) is 2.26. The SMILES string of the molecule is CCOC(=S)N(c1ccc(C=O)cc1)c1ccc(O)cc1O. The molecule has 0 spiro atoms. The molecule has 22 heavy (non-hydrogen) atoms. The number of thiocarbonyl (C=S) groups is 1. The lowest BCUT2D eigenvalue weighted by atomic mass is 10.2. The van der Waals surface area contributed by atoms with E-state index in [0.29, 0.717) is 23.5 Å². The molecule has 2 rings (SSSR count). The molecule has 2 aromatic rings. The van der Waals surface area contributed by atoms with Crippen molar-refractivity contribution in [2.24, 2.45) is 0 Å². The molecule has 0 aliphatic rings. The number of hydrogen-bond acceptors (Lipinski definition) is 5. The lowest BCUT2D eigenvalue weighted by Crippen LogP contribution is -2.26. The van der Waals surface area contributed by atoms with E-state index in [-0.39, 0.29) is 16.7 Å². The van der Waals surface area contributed by atoms with E-state index in [0.717, 1.165) is 6.29 Å². The maximum Gasteiger partial charge on any atom is 0.268 e. The predicted octanol–water partition coefficient (Wildman–Crippen LogP) is 3.37. The summed E-state index contributed by atoms with van der Waals surface area (Å²) in [7, 11) is 0. The molecule has 6 heteroatoms. The van der Waals surface area contributed by atoms with Crippen LogP contribution in [0.25, 0.3) is 0 Å². The van der Waals surface area contributed by atoms with Crippen LogP contribution < -0.4 is 4.90 Å². The van der Waals surface area contributed by atoms with E-state index < -0.39 is 0 Å². The van der Waals surface area contributed by atoms with E-state index >= 15 is 0 Å². The van der Waals surface area contributed by atoms with Crippen molar-refractivity contribution in [3.8, 4) is 11.5 Å².